The van der Waals surface area contributed by atoms with Crippen molar-refractivity contribution >= 4 is 29.6 Å². The Balaban J connectivity index is 3.04. The molecule has 0 radical (unpaired) electrons. The van der Waals surface area contributed by atoms with Crippen molar-refractivity contribution in [2.45, 2.75) is 96.8 Å². The molecule has 1 heterocycles. The average molecular weight is 516 g/mol. The van der Waals surface area contributed by atoms with Gasteiger partial charge in [-0.2, -0.15) is 0 Å². The molecule has 206 valence electrons. The summed E-state index contributed by atoms with van der Waals surface area (Å²) in [6, 6.07) is -5.78. The number of carbonyl (C=O) groups excluding carboxylic acids is 4. The number of nitrogens with two attached hydrogens (primary N) is 1. The van der Waals surface area contributed by atoms with Crippen LogP contribution in [0.1, 0.15) is 54.4 Å². The van der Waals surface area contributed by atoms with Crippen molar-refractivity contribution in [1.29, 1.82) is 0 Å². The lowest BCUT2D eigenvalue weighted by Crippen LogP contribution is -2.61. The summed E-state index contributed by atoms with van der Waals surface area (Å²) in [5.74, 6) is -4.71. The van der Waals surface area contributed by atoms with Gasteiger partial charge in [-0.15, -0.1) is 0 Å². The zero-order chi connectivity index (χ0) is 27.9. The SMILES string of the molecule is CC(C)[C@H](NC(=O)[C@@H](N)[C@@H](C)O)C(=O)N[C@H](C(=O)N1CCC[C@H]1C(=O)N[C@H](C(=O)O)[C@@H](C)O)C(C)C. The third kappa shape index (κ3) is 8.14. The van der Waals surface area contributed by atoms with Gasteiger partial charge in [0.25, 0.3) is 0 Å². The Morgan fingerprint density at radius 2 is 1.33 bits per heavy atom. The number of nitrogens with one attached hydrogen (secondary N) is 3. The zero-order valence-electron chi connectivity index (χ0n) is 21.7. The number of aliphatic hydroxyl groups excluding tert-OH is 2. The highest BCUT2D eigenvalue weighted by Crippen LogP contribution is 2.21. The van der Waals surface area contributed by atoms with Crippen LogP contribution in [-0.4, -0.2) is 98.8 Å². The molecular formula is C23H41N5O8. The molecule has 0 bridgehead atoms. The first kappa shape index (κ1) is 31.3. The molecule has 0 aromatic heterocycles. The van der Waals surface area contributed by atoms with Crippen molar-refractivity contribution in [1.82, 2.24) is 20.9 Å². The fourth-order valence-electron chi connectivity index (χ4n) is 3.88. The molecular weight excluding hydrogens is 474 g/mol. The number of aliphatic hydroxyl groups is 2. The van der Waals surface area contributed by atoms with Crippen LogP contribution in [0, 0.1) is 11.8 Å². The maximum absolute atomic E-state index is 13.4. The van der Waals surface area contributed by atoms with Gasteiger partial charge < -0.3 is 41.9 Å². The molecule has 0 aromatic carbocycles. The normalized spacial score (nSPS) is 20.8. The summed E-state index contributed by atoms with van der Waals surface area (Å²) in [5, 5.41) is 35.9. The third-order valence-electron chi connectivity index (χ3n) is 6.18. The van der Waals surface area contributed by atoms with Gasteiger partial charge in [0.2, 0.25) is 23.6 Å². The Hall–Kier alpha value is -2.77. The van der Waals surface area contributed by atoms with Crippen LogP contribution in [0.4, 0.5) is 0 Å². The van der Waals surface area contributed by atoms with Crippen LogP contribution in [0.15, 0.2) is 0 Å². The summed E-state index contributed by atoms with van der Waals surface area (Å²) in [6.45, 7) is 9.65. The predicted octanol–water partition coefficient (Wildman–Crippen LogP) is -2.08. The summed E-state index contributed by atoms with van der Waals surface area (Å²) in [6.07, 6.45) is -1.68. The van der Waals surface area contributed by atoms with Crippen LogP contribution in [-0.2, 0) is 24.0 Å². The Morgan fingerprint density at radius 3 is 1.78 bits per heavy atom. The Kier molecular flexibility index (Phi) is 11.7. The van der Waals surface area contributed by atoms with E-state index in [1.54, 1.807) is 27.7 Å². The van der Waals surface area contributed by atoms with Gasteiger partial charge in [-0.1, -0.05) is 27.7 Å². The van der Waals surface area contributed by atoms with Gasteiger partial charge in [-0.05, 0) is 38.5 Å². The summed E-state index contributed by atoms with van der Waals surface area (Å²) in [7, 11) is 0. The minimum atomic E-state index is -1.53. The number of nitrogens with zero attached hydrogens (tertiary/aromatic N) is 1. The van der Waals surface area contributed by atoms with Crippen molar-refractivity contribution in [2.24, 2.45) is 17.6 Å². The summed E-state index contributed by atoms with van der Waals surface area (Å²) in [5.41, 5.74) is 5.66. The third-order valence-corrected chi connectivity index (χ3v) is 6.18. The topological polar surface area (TPSA) is 211 Å². The molecule has 1 aliphatic heterocycles. The first-order valence-corrected chi connectivity index (χ1v) is 12.2. The second kappa shape index (κ2) is 13.5. The van der Waals surface area contributed by atoms with E-state index in [9.17, 15) is 39.3 Å². The minimum absolute atomic E-state index is 0.232. The van der Waals surface area contributed by atoms with Crippen LogP contribution < -0.4 is 21.7 Å². The van der Waals surface area contributed by atoms with Crippen molar-refractivity contribution in [3.05, 3.63) is 0 Å². The summed E-state index contributed by atoms with van der Waals surface area (Å²) >= 11 is 0. The van der Waals surface area contributed by atoms with Crippen LogP contribution in [0.3, 0.4) is 0 Å². The minimum Gasteiger partial charge on any atom is -0.480 e. The van der Waals surface area contributed by atoms with E-state index >= 15 is 0 Å². The van der Waals surface area contributed by atoms with E-state index in [2.05, 4.69) is 16.0 Å². The first-order chi connectivity index (χ1) is 16.6. The second-order valence-electron chi connectivity index (χ2n) is 9.98. The molecule has 0 spiro atoms. The Morgan fingerprint density at radius 1 is 0.806 bits per heavy atom. The molecule has 1 fully saturated rings. The number of aliphatic carboxylic acids is 1. The van der Waals surface area contributed by atoms with Crippen LogP contribution in [0.25, 0.3) is 0 Å². The highest BCUT2D eigenvalue weighted by molar-refractivity contribution is 5.96. The van der Waals surface area contributed by atoms with E-state index in [1.165, 1.54) is 18.7 Å². The molecule has 4 amide bonds. The van der Waals surface area contributed by atoms with Crippen LogP contribution >= 0.6 is 0 Å². The molecule has 13 heteroatoms. The summed E-state index contributed by atoms with van der Waals surface area (Å²) < 4.78 is 0. The zero-order valence-corrected chi connectivity index (χ0v) is 21.7. The molecule has 36 heavy (non-hydrogen) atoms. The molecule has 13 nitrogen and oxygen atoms in total. The van der Waals surface area contributed by atoms with Gasteiger partial charge in [0, 0.05) is 6.54 Å². The van der Waals surface area contributed by atoms with E-state index in [4.69, 9.17) is 5.73 Å². The van der Waals surface area contributed by atoms with Crippen LogP contribution in [0.5, 0.6) is 0 Å². The molecule has 0 aromatic rings. The molecule has 0 saturated carbocycles. The predicted molar refractivity (Wildman–Crippen MR) is 129 cm³/mol. The standard InChI is InChI=1S/C23H41N5O8/c1-10(2)16(25-20(32)15(24)12(5)29)21(33)26-17(11(3)4)22(34)28-9-7-8-14(28)19(31)27-18(13(6)30)23(35)36/h10-18,29-30H,7-9,24H2,1-6H3,(H,25,32)(H,26,33)(H,27,31)(H,35,36)/t12-,13-,14+,15+,16+,17+,18+/m1/s1. The highest BCUT2D eigenvalue weighted by Gasteiger charge is 2.41. The number of rotatable bonds is 12. The molecule has 0 unspecified atom stereocenters. The molecule has 1 saturated heterocycles. The van der Waals surface area contributed by atoms with Gasteiger partial charge in [0.15, 0.2) is 6.04 Å². The smallest absolute Gasteiger partial charge is 0.328 e. The van der Waals surface area contributed by atoms with Crippen molar-refractivity contribution < 1.29 is 39.3 Å². The average Bonchev–Trinajstić information content (AvgIpc) is 3.26. The molecule has 8 N–H and O–H groups in total. The van der Waals surface area contributed by atoms with Gasteiger partial charge in [0.05, 0.1) is 12.2 Å². The van der Waals surface area contributed by atoms with E-state index in [1.807, 2.05) is 0 Å². The Labute approximate surface area is 211 Å². The van der Waals surface area contributed by atoms with E-state index in [0.29, 0.717) is 12.8 Å². The quantitative estimate of drug-likeness (QED) is 0.152. The van der Waals surface area contributed by atoms with Gasteiger partial charge in [-0.3, -0.25) is 19.2 Å². The highest BCUT2D eigenvalue weighted by atomic mass is 16.4. The van der Waals surface area contributed by atoms with Crippen molar-refractivity contribution in [2.75, 3.05) is 6.54 Å². The molecule has 1 rings (SSSR count). The molecule has 0 aliphatic carbocycles. The number of carboxylic acids is 1. The van der Waals surface area contributed by atoms with E-state index in [-0.39, 0.29) is 18.4 Å². The maximum atomic E-state index is 13.4. The number of hydrogen-bond acceptors (Lipinski definition) is 8. The maximum Gasteiger partial charge on any atom is 0.328 e. The Bertz CT molecular complexity index is 816. The van der Waals surface area contributed by atoms with E-state index in [0.717, 1.165) is 0 Å². The monoisotopic (exact) mass is 515 g/mol. The number of likely N-dealkylation sites (tertiary alicyclic amines) is 1. The van der Waals surface area contributed by atoms with Gasteiger partial charge in [-0.25, -0.2) is 4.79 Å². The van der Waals surface area contributed by atoms with Crippen molar-refractivity contribution in [3.8, 4) is 0 Å². The largest absolute Gasteiger partial charge is 0.480 e. The molecule has 7 atom stereocenters. The first-order valence-electron chi connectivity index (χ1n) is 12.2. The fraction of sp³-hybridized carbons (Fsp3) is 0.783. The van der Waals surface area contributed by atoms with Crippen LogP contribution in [0.2, 0.25) is 0 Å². The lowest BCUT2D eigenvalue weighted by atomic mass is 9.98. The number of hydrogen-bond donors (Lipinski definition) is 7. The number of amides is 4. The number of carbonyl (C=O) groups is 5. The van der Waals surface area contributed by atoms with E-state index < -0.39 is 72.0 Å². The van der Waals surface area contributed by atoms with Gasteiger partial charge in [0.1, 0.15) is 24.2 Å². The summed E-state index contributed by atoms with van der Waals surface area (Å²) in [4.78, 5) is 64.3. The molecule has 1 aliphatic rings. The second-order valence-corrected chi connectivity index (χ2v) is 9.98. The van der Waals surface area contributed by atoms with Crippen molar-refractivity contribution in [3.63, 3.8) is 0 Å². The van der Waals surface area contributed by atoms with Gasteiger partial charge >= 0.3 is 5.97 Å². The number of carboxylic acid groups (broad SMARTS) is 1. The lowest BCUT2D eigenvalue weighted by Gasteiger charge is -2.32. The lowest BCUT2D eigenvalue weighted by molar-refractivity contribution is -0.147. The fourth-order valence-corrected chi connectivity index (χ4v) is 3.88.